The number of hydrogen-bond donors (Lipinski definition) is 0. The fourth-order valence-corrected chi connectivity index (χ4v) is 2.89. The minimum absolute atomic E-state index is 0.0562. The van der Waals surface area contributed by atoms with Gasteiger partial charge in [0.05, 0.1) is 13.0 Å². The highest BCUT2D eigenvalue weighted by Crippen LogP contribution is 2.36. The second-order valence-corrected chi connectivity index (χ2v) is 5.62. The molecule has 1 saturated carbocycles. The van der Waals surface area contributed by atoms with E-state index >= 15 is 0 Å². The van der Waals surface area contributed by atoms with Gasteiger partial charge >= 0.3 is 5.97 Å². The molecular weight excluding hydrogens is 256 g/mol. The van der Waals surface area contributed by atoms with Crippen molar-refractivity contribution < 1.29 is 14.3 Å². The number of ether oxygens (including phenoxy) is 1. The summed E-state index contributed by atoms with van der Waals surface area (Å²) in [6.07, 6.45) is 5.72. The van der Waals surface area contributed by atoms with E-state index < -0.39 is 0 Å². The first-order valence-electron chi connectivity index (χ1n) is 7.24. The van der Waals surface area contributed by atoms with Crippen LogP contribution >= 0.6 is 0 Å². The Kier molecular flexibility index (Phi) is 3.51. The van der Waals surface area contributed by atoms with Crippen molar-refractivity contribution in [1.29, 1.82) is 0 Å². The largest absolute Gasteiger partial charge is 0.469 e. The van der Waals surface area contributed by atoms with Crippen LogP contribution in [0.3, 0.4) is 0 Å². The SMILES string of the molecule is COC(=O)C1CCN(C(=O)c2cccn2C2CC2)CC1. The van der Waals surface area contributed by atoms with E-state index in [-0.39, 0.29) is 17.8 Å². The molecule has 1 aromatic rings. The van der Waals surface area contributed by atoms with Gasteiger partial charge in [0.25, 0.3) is 5.91 Å². The third kappa shape index (κ3) is 2.44. The van der Waals surface area contributed by atoms with Crippen molar-refractivity contribution in [3.63, 3.8) is 0 Å². The van der Waals surface area contributed by atoms with Crippen LogP contribution in [0.1, 0.15) is 42.2 Å². The lowest BCUT2D eigenvalue weighted by molar-refractivity contribution is -0.146. The van der Waals surface area contributed by atoms with Crippen LogP contribution in [-0.2, 0) is 9.53 Å². The van der Waals surface area contributed by atoms with Gasteiger partial charge in [0.2, 0.25) is 0 Å². The van der Waals surface area contributed by atoms with Gasteiger partial charge < -0.3 is 14.2 Å². The number of nitrogens with zero attached hydrogens (tertiary/aromatic N) is 2. The second-order valence-electron chi connectivity index (χ2n) is 5.62. The first-order chi connectivity index (χ1) is 9.70. The van der Waals surface area contributed by atoms with Gasteiger partial charge in [-0.25, -0.2) is 0 Å². The molecule has 0 spiro atoms. The summed E-state index contributed by atoms with van der Waals surface area (Å²) in [5.41, 5.74) is 0.781. The van der Waals surface area contributed by atoms with E-state index in [1.54, 1.807) is 0 Å². The maximum absolute atomic E-state index is 12.5. The smallest absolute Gasteiger partial charge is 0.308 e. The summed E-state index contributed by atoms with van der Waals surface area (Å²) in [6.45, 7) is 1.27. The lowest BCUT2D eigenvalue weighted by atomic mass is 9.97. The third-order valence-electron chi connectivity index (χ3n) is 4.26. The van der Waals surface area contributed by atoms with Gasteiger partial charge in [0.15, 0.2) is 0 Å². The summed E-state index contributed by atoms with van der Waals surface area (Å²) in [6, 6.07) is 4.34. The lowest BCUT2D eigenvalue weighted by Crippen LogP contribution is -2.41. The van der Waals surface area contributed by atoms with Crippen molar-refractivity contribution >= 4 is 11.9 Å². The number of hydrogen-bond acceptors (Lipinski definition) is 3. The zero-order chi connectivity index (χ0) is 14.1. The Morgan fingerprint density at radius 3 is 2.50 bits per heavy atom. The minimum Gasteiger partial charge on any atom is -0.469 e. The fraction of sp³-hybridized carbons (Fsp3) is 0.600. The molecule has 1 amide bonds. The molecular formula is C15H20N2O3. The highest BCUT2D eigenvalue weighted by molar-refractivity contribution is 5.93. The van der Waals surface area contributed by atoms with Crippen molar-refractivity contribution in [2.45, 2.75) is 31.7 Å². The molecule has 0 aromatic carbocycles. The normalized spacial score (nSPS) is 19.9. The molecule has 0 N–H and O–H groups in total. The quantitative estimate of drug-likeness (QED) is 0.792. The predicted octanol–water partition coefficient (Wildman–Crippen LogP) is 1.85. The molecule has 0 unspecified atom stereocenters. The van der Waals surface area contributed by atoms with Crippen LogP contribution in [0, 0.1) is 5.92 Å². The number of carbonyl (C=O) groups is 2. The van der Waals surface area contributed by atoms with Gasteiger partial charge in [-0.1, -0.05) is 0 Å². The molecule has 0 atom stereocenters. The molecule has 1 aromatic heterocycles. The van der Waals surface area contributed by atoms with Crippen molar-refractivity contribution in [1.82, 2.24) is 9.47 Å². The molecule has 5 nitrogen and oxygen atoms in total. The van der Waals surface area contributed by atoms with Crippen LogP contribution in [0.4, 0.5) is 0 Å². The Morgan fingerprint density at radius 1 is 1.20 bits per heavy atom. The third-order valence-corrected chi connectivity index (χ3v) is 4.26. The van der Waals surface area contributed by atoms with Crippen molar-refractivity contribution in [3.05, 3.63) is 24.0 Å². The van der Waals surface area contributed by atoms with Gasteiger partial charge in [-0.15, -0.1) is 0 Å². The summed E-state index contributed by atoms with van der Waals surface area (Å²) in [4.78, 5) is 25.9. The molecule has 108 valence electrons. The first kappa shape index (κ1) is 13.2. The first-order valence-corrected chi connectivity index (χ1v) is 7.24. The average molecular weight is 276 g/mol. The zero-order valence-corrected chi connectivity index (χ0v) is 11.7. The summed E-state index contributed by atoms with van der Waals surface area (Å²) in [5, 5.41) is 0. The Morgan fingerprint density at radius 2 is 1.90 bits per heavy atom. The van der Waals surface area contributed by atoms with Gasteiger partial charge in [0.1, 0.15) is 5.69 Å². The average Bonchev–Trinajstić information content (AvgIpc) is 3.23. The molecule has 20 heavy (non-hydrogen) atoms. The van der Waals surface area contributed by atoms with Crippen LogP contribution in [-0.4, -0.2) is 41.5 Å². The molecule has 5 heteroatoms. The van der Waals surface area contributed by atoms with Crippen molar-refractivity contribution in [2.24, 2.45) is 5.92 Å². The van der Waals surface area contributed by atoms with Crippen LogP contribution in [0.25, 0.3) is 0 Å². The Labute approximate surface area is 118 Å². The summed E-state index contributed by atoms with van der Waals surface area (Å²) in [5.74, 6) is -0.122. The summed E-state index contributed by atoms with van der Waals surface area (Å²) < 4.78 is 6.86. The Balaban J connectivity index is 1.64. The Bertz CT molecular complexity index is 511. The highest BCUT2D eigenvalue weighted by atomic mass is 16.5. The van der Waals surface area contributed by atoms with E-state index in [1.807, 2.05) is 23.2 Å². The lowest BCUT2D eigenvalue weighted by Gasteiger charge is -2.31. The number of piperidine rings is 1. The van der Waals surface area contributed by atoms with Crippen LogP contribution in [0.5, 0.6) is 0 Å². The summed E-state index contributed by atoms with van der Waals surface area (Å²) in [7, 11) is 1.42. The zero-order valence-electron chi connectivity index (χ0n) is 11.7. The number of methoxy groups -OCH3 is 1. The van der Waals surface area contributed by atoms with Crippen molar-refractivity contribution in [3.8, 4) is 0 Å². The number of rotatable bonds is 3. The monoisotopic (exact) mass is 276 g/mol. The van der Waals surface area contributed by atoms with Crippen LogP contribution < -0.4 is 0 Å². The topological polar surface area (TPSA) is 51.5 Å². The van der Waals surface area contributed by atoms with E-state index in [0.717, 1.165) is 5.69 Å². The molecule has 1 aliphatic heterocycles. The van der Waals surface area contributed by atoms with Gasteiger partial charge in [-0.2, -0.15) is 0 Å². The molecule has 1 aliphatic carbocycles. The maximum atomic E-state index is 12.5. The Hall–Kier alpha value is -1.78. The van der Waals surface area contributed by atoms with Crippen LogP contribution in [0.2, 0.25) is 0 Å². The molecule has 0 radical (unpaired) electrons. The minimum atomic E-state index is -0.154. The maximum Gasteiger partial charge on any atom is 0.308 e. The summed E-state index contributed by atoms with van der Waals surface area (Å²) >= 11 is 0. The van der Waals surface area contributed by atoms with E-state index in [4.69, 9.17) is 4.74 Å². The molecule has 2 heterocycles. The van der Waals surface area contributed by atoms with Crippen molar-refractivity contribution in [2.75, 3.05) is 20.2 Å². The molecule has 2 fully saturated rings. The molecule has 2 aliphatic rings. The fourth-order valence-electron chi connectivity index (χ4n) is 2.89. The molecule has 1 saturated heterocycles. The van der Waals surface area contributed by atoms with Gasteiger partial charge in [0, 0.05) is 25.3 Å². The number of aromatic nitrogens is 1. The van der Waals surface area contributed by atoms with E-state index in [9.17, 15) is 9.59 Å². The van der Waals surface area contributed by atoms with E-state index in [1.165, 1.54) is 20.0 Å². The number of carbonyl (C=O) groups excluding carboxylic acids is 2. The number of likely N-dealkylation sites (tertiary alicyclic amines) is 1. The number of esters is 1. The molecule has 0 bridgehead atoms. The van der Waals surface area contributed by atoms with E-state index in [0.29, 0.717) is 32.0 Å². The highest BCUT2D eigenvalue weighted by Gasteiger charge is 2.31. The second kappa shape index (κ2) is 5.31. The standard InChI is InChI=1S/C15H20N2O3/c1-20-15(19)11-6-9-16(10-7-11)14(18)13-3-2-8-17(13)12-4-5-12/h2-3,8,11-12H,4-7,9-10H2,1H3. The van der Waals surface area contributed by atoms with Crippen LogP contribution in [0.15, 0.2) is 18.3 Å². The van der Waals surface area contributed by atoms with Gasteiger partial charge in [-0.05, 0) is 37.8 Å². The molecule has 3 rings (SSSR count). The van der Waals surface area contributed by atoms with Gasteiger partial charge in [-0.3, -0.25) is 9.59 Å². The number of amides is 1. The predicted molar refractivity (Wildman–Crippen MR) is 73.3 cm³/mol. The van der Waals surface area contributed by atoms with E-state index in [2.05, 4.69) is 4.57 Å².